The lowest BCUT2D eigenvalue weighted by Crippen LogP contribution is -2.58. The number of rotatable bonds is 14. The zero-order valence-electron chi connectivity index (χ0n) is 30.2. The van der Waals surface area contributed by atoms with Crippen molar-refractivity contribution in [1.29, 1.82) is 0 Å². The molecule has 2 fully saturated rings. The van der Waals surface area contributed by atoms with Crippen LogP contribution in [0.25, 0.3) is 0 Å². The van der Waals surface area contributed by atoms with Crippen LogP contribution in [-0.4, -0.2) is 102 Å². The van der Waals surface area contributed by atoms with E-state index in [0.29, 0.717) is 31.4 Å². The SMILES string of the molecule is CCCC(NC(=O)[C@@H]1CCCN1C(=O)C(NC(=O)OC(C)(C)C)C1CCCCC1)C(=O)C(=O)NCC(=O)N[C@H](C(=O)N(C)C)c1ccccc1. The van der Waals surface area contributed by atoms with Gasteiger partial charge in [-0.2, -0.15) is 0 Å². The molecule has 6 amide bonds. The topological polar surface area (TPSA) is 183 Å². The van der Waals surface area contributed by atoms with Crippen LogP contribution in [0.15, 0.2) is 30.3 Å². The van der Waals surface area contributed by atoms with E-state index in [1.165, 1.54) is 9.80 Å². The van der Waals surface area contributed by atoms with Crippen LogP contribution in [0.3, 0.4) is 0 Å². The summed E-state index contributed by atoms with van der Waals surface area (Å²) in [5, 5.41) is 10.4. The number of Topliss-reactive ketones (excluding diaryl/α,β-unsaturated/α-hetero) is 1. The monoisotopic (exact) mass is 698 g/mol. The van der Waals surface area contributed by atoms with Crippen LogP contribution in [0.4, 0.5) is 4.79 Å². The van der Waals surface area contributed by atoms with Gasteiger partial charge in [-0.3, -0.25) is 28.8 Å². The van der Waals surface area contributed by atoms with Crippen molar-refractivity contribution in [3.63, 3.8) is 0 Å². The van der Waals surface area contributed by atoms with Crippen molar-refractivity contribution in [2.24, 2.45) is 5.92 Å². The minimum Gasteiger partial charge on any atom is -0.444 e. The fourth-order valence-corrected chi connectivity index (χ4v) is 6.40. The van der Waals surface area contributed by atoms with Crippen LogP contribution >= 0.6 is 0 Å². The first-order valence-electron chi connectivity index (χ1n) is 17.6. The van der Waals surface area contributed by atoms with E-state index in [0.717, 1.165) is 32.1 Å². The van der Waals surface area contributed by atoms with Crippen LogP contribution in [-0.2, 0) is 33.5 Å². The third-order valence-corrected chi connectivity index (χ3v) is 8.87. The van der Waals surface area contributed by atoms with E-state index < -0.39 is 65.9 Å². The number of hydrogen-bond acceptors (Lipinski definition) is 8. The average Bonchev–Trinajstić information content (AvgIpc) is 3.58. The van der Waals surface area contributed by atoms with Gasteiger partial charge in [-0.15, -0.1) is 0 Å². The number of likely N-dealkylation sites (N-methyl/N-ethyl adjacent to an activating group) is 1. The van der Waals surface area contributed by atoms with Crippen LogP contribution in [0.5, 0.6) is 0 Å². The van der Waals surface area contributed by atoms with Crippen molar-refractivity contribution < 1.29 is 38.3 Å². The predicted molar refractivity (Wildman–Crippen MR) is 185 cm³/mol. The molecule has 1 saturated heterocycles. The molecule has 0 radical (unpaired) electrons. The second-order valence-corrected chi connectivity index (χ2v) is 14.3. The quantitative estimate of drug-likeness (QED) is 0.214. The normalized spacial score (nSPS) is 18.2. The Morgan fingerprint density at radius 1 is 0.900 bits per heavy atom. The summed E-state index contributed by atoms with van der Waals surface area (Å²) < 4.78 is 5.45. The Morgan fingerprint density at radius 3 is 2.16 bits per heavy atom. The maximum absolute atomic E-state index is 14.0. The highest BCUT2D eigenvalue weighted by atomic mass is 16.6. The van der Waals surface area contributed by atoms with E-state index in [1.807, 2.05) is 0 Å². The molecule has 1 aromatic rings. The van der Waals surface area contributed by atoms with E-state index in [1.54, 1.807) is 72.1 Å². The summed E-state index contributed by atoms with van der Waals surface area (Å²) in [6.07, 6.45) is 5.26. The molecule has 0 aromatic heterocycles. The summed E-state index contributed by atoms with van der Waals surface area (Å²) in [6.45, 7) is 6.75. The van der Waals surface area contributed by atoms with E-state index >= 15 is 0 Å². The first kappa shape index (κ1) is 39.9. The fraction of sp³-hybridized carbons (Fsp3) is 0.639. The Balaban J connectivity index is 1.65. The largest absolute Gasteiger partial charge is 0.444 e. The molecule has 14 nitrogen and oxygen atoms in total. The second-order valence-electron chi connectivity index (χ2n) is 14.3. The molecular formula is C36H54N6O8. The van der Waals surface area contributed by atoms with Gasteiger partial charge in [0.25, 0.3) is 5.91 Å². The van der Waals surface area contributed by atoms with Gasteiger partial charge in [0.2, 0.25) is 29.4 Å². The third kappa shape index (κ3) is 11.5. The van der Waals surface area contributed by atoms with Gasteiger partial charge in [0.1, 0.15) is 23.7 Å². The number of carbonyl (C=O) groups excluding carboxylic acids is 7. The Bertz CT molecular complexity index is 1370. The number of likely N-dealkylation sites (tertiary alicyclic amines) is 1. The summed E-state index contributed by atoms with van der Waals surface area (Å²) >= 11 is 0. The molecule has 14 heteroatoms. The summed E-state index contributed by atoms with van der Waals surface area (Å²) in [6, 6.07) is 4.70. The minimum atomic E-state index is -1.19. The van der Waals surface area contributed by atoms with Crippen LogP contribution in [0.2, 0.25) is 0 Å². The maximum Gasteiger partial charge on any atom is 0.408 e. The van der Waals surface area contributed by atoms with Gasteiger partial charge in [-0.25, -0.2) is 4.79 Å². The molecule has 2 aliphatic rings. The molecule has 1 aliphatic heterocycles. The predicted octanol–water partition coefficient (Wildman–Crippen LogP) is 2.37. The van der Waals surface area contributed by atoms with Crippen molar-refractivity contribution in [2.45, 2.75) is 115 Å². The van der Waals surface area contributed by atoms with Crippen molar-refractivity contribution in [1.82, 2.24) is 31.1 Å². The molecule has 276 valence electrons. The number of alkyl carbamates (subject to hydrolysis) is 1. The van der Waals surface area contributed by atoms with Crippen LogP contribution in [0, 0.1) is 5.92 Å². The molecule has 1 heterocycles. The lowest BCUT2D eigenvalue weighted by molar-refractivity contribution is -0.143. The standard InChI is InChI=1S/C36H54N6O8/c1-7-15-25(30(44)32(46)37-22-27(43)39-28(33(47)41(5)6)23-16-10-8-11-17-23)38-31(45)26-20-14-21-42(26)34(48)29(24-18-12-9-13-19-24)40-35(49)50-36(2,3)4/h8,10-11,16-17,24-26,28-29H,7,9,12-15,18-22H2,1-6H3,(H,37,46)(H,38,45)(H,39,43)(H,40,49)/t25?,26-,28-,29?/m0/s1. The van der Waals surface area contributed by atoms with Gasteiger partial charge in [0.05, 0.1) is 12.6 Å². The van der Waals surface area contributed by atoms with Crippen LogP contribution < -0.4 is 21.3 Å². The van der Waals surface area contributed by atoms with Crippen LogP contribution in [0.1, 0.15) is 97.1 Å². The van der Waals surface area contributed by atoms with Crippen molar-refractivity contribution >= 4 is 41.4 Å². The molecule has 1 saturated carbocycles. The first-order chi connectivity index (χ1) is 23.6. The maximum atomic E-state index is 14.0. The van der Waals surface area contributed by atoms with E-state index in [9.17, 15) is 33.6 Å². The number of nitrogens with one attached hydrogen (secondary N) is 4. The molecule has 1 aromatic carbocycles. The third-order valence-electron chi connectivity index (χ3n) is 8.87. The van der Waals surface area contributed by atoms with E-state index in [-0.39, 0.29) is 24.2 Å². The minimum absolute atomic E-state index is 0.104. The molecule has 0 spiro atoms. The Morgan fingerprint density at radius 2 is 1.56 bits per heavy atom. The number of ketones is 1. The van der Waals surface area contributed by atoms with Gasteiger partial charge in [-0.1, -0.05) is 62.9 Å². The van der Waals surface area contributed by atoms with Gasteiger partial charge >= 0.3 is 6.09 Å². The Labute approximate surface area is 294 Å². The number of nitrogens with zero attached hydrogens (tertiary/aromatic N) is 2. The first-order valence-corrected chi connectivity index (χ1v) is 17.6. The summed E-state index contributed by atoms with van der Waals surface area (Å²) in [5.74, 6) is -4.09. The molecular weight excluding hydrogens is 644 g/mol. The summed E-state index contributed by atoms with van der Waals surface area (Å²) in [7, 11) is 3.12. The molecule has 50 heavy (non-hydrogen) atoms. The molecule has 1 aliphatic carbocycles. The average molecular weight is 699 g/mol. The second kappa shape index (κ2) is 18.5. The molecule has 3 rings (SSSR count). The highest BCUT2D eigenvalue weighted by molar-refractivity contribution is 6.38. The molecule has 2 unspecified atom stereocenters. The highest BCUT2D eigenvalue weighted by Crippen LogP contribution is 2.30. The zero-order valence-corrected chi connectivity index (χ0v) is 30.2. The number of carbonyl (C=O) groups is 7. The Hall–Kier alpha value is -4.49. The molecule has 4 N–H and O–H groups in total. The zero-order chi connectivity index (χ0) is 37.0. The Kier molecular flexibility index (Phi) is 14.8. The van der Waals surface area contributed by atoms with Gasteiger partial charge in [0, 0.05) is 20.6 Å². The van der Waals surface area contributed by atoms with Gasteiger partial charge in [0.15, 0.2) is 0 Å². The molecule has 0 bridgehead atoms. The van der Waals surface area contributed by atoms with Crippen molar-refractivity contribution in [2.75, 3.05) is 27.2 Å². The number of benzene rings is 1. The number of ether oxygens (including phenoxy) is 1. The van der Waals surface area contributed by atoms with Gasteiger partial charge < -0.3 is 35.8 Å². The van der Waals surface area contributed by atoms with E-state index in [4.69, 9.17) is 4.74 Å². The van der Waals surface area contributed by atoms with Crippen molar-refractivity contribution in [3.8, 4) is 0 Å². The molecule has 4 atom stereocenters. The number of amides is 6. The lowest BCUT2D eigenvalue weighted by Gasteiger charge is -2.35. The van der Waals surface area contributed by atoms with Crippen molar-refractivity contribution in [3.05, 3.63) is 35.9 Å². The van der Waals surface area contributed by atoms with Gasteiger partial charge in [-0.05, 0) is 64.4 Å². The number of hydrogen-bond donors (Lipinski definition) is 4. The lowest BCUT2D eigenvalue weighted by atomic mass is 9.83. The summed E-state index contributed by atoms with van der Waals surface area (Å²) in [4.78, 5) is 94.9. The summed E-state index contributed by atoms with van der Waals surface area (Å²) in [5.41, 5.74) is -0.203. The smallest absolute Gasteiger partial charge is 0.408 e. The fourth-order valence-electron chi connectivity index (χ4n) is 6.40. The highest BCUT2D eigenvalue weighted by Gasteiger charge is 2.42. The van der Waals surface area contributed by atoms with E-state index in [2.05, 4.69) is 21.3 Å².